The van der Waals surface area contributed by atoms with E-state index < -0.39 is 5.97 Å². The molecule has 11 heteroatoms. The van der Waals surface area contributed by atoms with E-state index in [1.54, 1.807) is 49.0 Å². The first-order chi connectivity index (χ1) is 17.0. The molecule has 7 nitrogen and oxygen atoms in total. The maximum absolute atomic E-state index is 12.5. The fraction of sp³-hybridized carbons (Fsp3) is 0.280. The van der Waals surface area contributed by atoms with Crippen molar-refractivity contribution in [3.05, 3.63) is 69.5 Å². The van der Waals surface area contributed by atoms with Crippen LogP contribution in [0.25, 0.3) is 11.1 Å². The molecule has 0 bridgehead atoms. The number of aliphatic imine (C=N–C) groups is 1. The summed E-state index contributed by atoms with van der Waals surface area (Å²) in [6, 6.07) is 12.2. The molecule has 0 spiro atoms. The minimum atomic E-state index is -1.11. The van der Waals surface area contributed by atoms with Crippen molar-refractivity contribution in [2.45, 2.75) is 43.6 Å². The second-order valence-electron chi connectivity index (χ2n) is 8.49. The van der Waals surface area contributed by atoms with Crippen LogP contribution in [0.2, 0.25) is 10.0 Å². The van der Waals surface area contributed by atoms with Crippen LogP contribution in [0.1, 0.15) is 48.6 Å². The molecule has 0 saturated carbocycles. The fourth-order valence-electron chi connectivity index (χ4n) is 3.91. The van der Waals surface area contributed by atoms with Crippen molar-refractivity contribution in [1.82, 2.24) is 9.78 Å². The number of halogens is 2. The number of nitrogens with zero attached hydrogens (tertiary/aromatic N) is 3. The van der Waals surface area contributed by atoms with Crippen molar-refractivity contribution in [1.29, 1.82) is 0 Å². The minimum Gasteiger partial charge on any atom is -0.476 e. The Balaban J connectivity index is 1.78. The van der Waals surface area contributed by atoms with E-state index in [0.717, 1.165) is 5.56 Å². The van der Waals surface area contributed by atoms with Crippen LogP contribution in [0, 0.1) is 6.92 Å². The van der Waals surface area contributed by atoms with Crippen LogP contribution in [0.5, 0.6) is 0 Å². The Bertz CT molecular complexity index is 1360. The lowest BCUT2D eigenvalue weighted by atomic mass is 10.0. The van der Waals surface area contributed by atoms with Gasteiger partial charge in [0.15, 0.2) is 10.9 Å². The van der Waals surface area contributed by atoms with E-state index in [9.17, 15) is 14.7 Å². The number of benzene rings is 2. The first-order valence-electron chi connectivity index (χ1n) is 11.1. The van der Waals surface area contributed by atoms with Gasteiger partial charge in [-0.2, -0.15) is 5.10 Å². The number of amides is 1. The summed E-state index contributed by atoms with van der Waals surface area (Å²) < 4.78 is 1.42. The Kier molecular flexibility index (Phi) is 8.04. The molecule has 188 valence electrons. The minimum absolute atomic E-state index is 0.00350. The summed E-state index contributed by atoms with van der Waals surface area (Å²) in [6.45, 7) is 7.43. The van der Waals surface area contributed by atoms with Crippen LogP contribution in [0.15, 0.2) is 47.5 Å². The number of anilines is 1. The van der Waals surface area contributed by atoms with Crippen molar-refractivity contribution >= 4 is 69.5 Å². The predicted molar refractivity (Wildman–Crippen MR) is 150 cm³/mol. The highest BCUT2D eigenvalue weighted by atomic mass is 35.5. The van der Waals surface area contributed by atoms with Gasteiger partial charge in [-0.25, -0.2) is 9.48 Å². The lowest BCUT2D eigenvalue weighted by molar-refractivity contribution is -0.114. The quantitative estimate of drug-likeness (QED) is 0.336. The molecule has 1 aliphatic heterocycles. The molecule has 2 N–H and O–H groups in total. The maximum atomic E-state index is 12.5. The van der Waals surface area contributed by atoms with Crippen LogP contribution in [-0.2, 0) is 4.79 Å². The van der Waals surface area contributed by atoms with Crippen molar-refractivity contribution in [3.63, 3.8) is 0 Å². The van der Waals surface area contributed by atoms with Gasteiger partial charge in [-0.3, -0.25) is 9.79 Å². The molecule has 0 saturated heterocycles. The third-order valence-corrected chi connectivity index (χ3v) is 8.77. The molecular formula is C25H24Cl2N4O3S2. The second-order valence-corrected chi connectivity index (χ2v) is 12.4. The van der Waals surface area contributed by atoms with Crippen LogP contribution in [0.4, 0.5) is 5.69 Å². The standard InChI is InChI=1S/C25H24Cl2N4O3S2/c1-12(2)35-24-21(16-7-10-18(26)19(27)11-16)29-25(36-24)31-22(23(33)34)20(13(3)30-31)15-5-8-17(9-6-15)28-14(4)32/h5-12,21,24H,1-4H3,(H,28,32)(H,33,34). The van der Waals surface area contributed by atoms with Crippen molar-refractivity contribution in [2.24, 2.45) is 4.99 Å². The number of aryl methyl sites for hydroxylation is 1. The number of aromatic nitrogens is 2. The molecule has 2 unspecified atom stereocenters. The normalized spacial score (nSPS) is 17.4. The van der Waals surface area contributed by atoms with E-state index in [0.29, 0.717) is 43.0 Å². The number of hydrogen-bond acceptors (Lipinski definition) is 6. The molecule has 2 heterocycles. The zero-order valence-electron chi connectivity index (χ0n) is 20.0. The number of nitrogens with one attached hydrogen (secondary N) is 1. The zero-order chi connectivity index (χ0) is 26.1. The third kappa shape index (κ3) is 5.59. The summed E-state index contributed by atoms with van der Waals surface area (Å²) >= 11 is 15.6. The number of hydrogen-bond donors (Lipinski definition) is 2. The van der Waals surface area contributed by atoms with E-state index in [1.807, 2.05) is 12.1 Å². The molecule has 1 aliphatic rings. The number of rotatable bonds is 6. The van der Waals surface area contributed by atoms with Crippen molar-refractivity contribution < 1.29 is 14.7 Å². The largest absolute Gasteiger partial charge is 0.476 e. The first kappa shape index (κ1) is 26.6. The van der Waals surface area contributed by atoms with Crippen LogP contribution >= 0.6 is 46.7 Å². The van der Waals surface area contributed by atoms with Crippen LogP contribution in [-0.4, -0.2) is 41.8 Å². The van der Waals surface area contributed by atoms with Crippen LogP contribution < -0.4 is 5.32 Å². The van der Waals surface area contributed by atoms with Gasteiger partial charge >= 0.3 is 5.97 Å². The third-order valence-electron chi connectivity index (χ3n) is 5.36. The monoisotopic (exact) mass is 562 g/mol. The highest BCUT2D eigenvalue weighted by molar-refractivity contribution is 8.25. The molecule has 0 fully saturated rings. The molecule has 0 radical (unpaired) electrons. The van der Waals surface area contributed by atoms with Gasteiger partial charge in [0, 0.05) is 23.4 Å². The topological polar surface area (TPSA) is 96.6 Å². The number of carbonyl (C=O) groups excluding carboxylic acids is 1. The molecule has 1 amide bonds. The Labute approximate surface area is 227 Å². The van der Waals surface area contributed by atoms with Gasteiger partial charge in [-0.1, -0.05) is 67.0 Å². The highest BCUT2D eigenvalue weighted by Crippen LogP contribution is 2.47. The summed E-state index contributed by atoms with van der Waals surface area (Å²) in [4.78, 5) is 28.7. The zero-order valence-corrected chi connectivity index (χ0v) is 23.1. The van der Waals surface area contributed by atoms with Gasteiger partial charge in [-0.05, 0) is 42.3 Å². The average molecular weight is 564 g/mol. The SMILES string of the molecule is CC(=O)Nc1ccc(-c2c(C)nn(C3=NC(c4ccc(Cl)c(Cl)c4)C(SC(C)C)S3)c2C(=O)O)cc1. The first-order valence-corrected chi connectivity index (χ1v) is 13.7. The van der Waals surface area contributed by atoms with E-state index in [-0.39, 0.29) is 22.2 Å². The summed E-state index contributed by atoms with van der Waals surface area (Å²) in [7, 11) is 0. The number of thioether (sulfide) groups is 2. The molecule has 2 aromatic carbocycles. The molecule has 36 heavy (non-hydrogen) atoms. The summed E-state index contributed by atoms with van der Waals surface area (Å²) in [5.41, 5.74) is 3.32. The lowest BCUT2D eigenvalue weighted by Gasteiger charge is -2.19. The van der Waals surface area contributed by atoms with Crippen LogP contribution in [0.3, 0.4) is 0 Å². The summed E-state index contributed by atoms with van der Waals surface area (Å²) in [5.74, 6) is -1.29. The van der Waals surface area contributed by atoms with Gasteiger partial charge in [-0.15, -0.1) is 11.8 Å². The molecule has 4 rings (SSSR count). The maximum Gasteiger partial charge on any atom is 0.355 e. The summed E-state index contributed by atoms with van der Waals surface area (Å²) in [6.07, 6.45) is 0. The van der Waals surface area contributed by atoms with Crippen molar-refractivity contribution in [3.8, 4) is 11.1 Å². The Morgan fingerprint density at radius 3 is 2.42 bits per heavy atom. The van der Waals surface area contributed by atoms with Gasteiger partial charge in [0.05, 0.1) is 26.4 Å². The Morgan fingerprint density at radius 2 is 1.83 bits per heavy atom. The van der Waals surface area contributed by atoms with E-state index in [2.05, 4.69) is 24.3 Å². The Hall–Kier alpha value is -2.46. The smallest absolute Gasteiger partial charge is 0.355 e. The molecular weight excluding hydrogens is 539 g/mol. The van der Waals surface area contributed by atoms with Gasteiger partial charge in [0.1, 0.15) is 0 Å². The predicted octanol–water partition coefficient (Wildman–Crippen LogP) is 6.98. The number of carbonyl (C=O) groups is 2. The van der Waals surface area contributed by atoms with E-state index in [1.165, 1.54) is 23.4 Å². The second kappa shape index (κ2) is 10.9. The molecule has 1 aromatic heterocycles. The number of aromatic carboxylic acids is 1. The molecule has 3 aromatic rings. The average Bonchev–Trinajstić information content (AvgIpc) is 3.36. The lowest BCUT2D eigenvalue weighted by Crippen LogP contribution is -2.16. The Morgan fingerprint density at radius 1 is 1.14 bits per heavy atom. The van der Waals surface area contributed by atoms with E-state index in [4.69, 9.17) is 28.2 Å². The van der Waals surface area contributed by atoms with Gasteiger partial charge in [0.2, 0.25) is 5.91 Å². The van der Waals surface area contributed by atoms with Gasteiger partial charge in [0.25, 0.3) is 0 Å². The van der Waals surface area contributed by atoms with E-state index >= 15 is 0 Å². The molecule has 0 aliphatic carbocycles. The molecule has 2 atom stereocenters. The van der Waals surface area contributed by atoms with Gasteiger partial charge < -0.3 is 10.4 Å². The van der Waals surface area contributed by atoms with Crippen molar-refractivity contribution in [2.75, 3.05) is 5.32 Å². The number of carboxylic acid groups (broad SMARTS) is 1. The number of carboxylic acids is 1. The summed E-state index contributed by atoms with van der Waals surface area (Å²) in [5, 5.41) is 19.3. The highest BCUT2D eigenvalue weighted by Gasteiger charge is 2.36. The fourth-order valence-corrected chi connectivity index (χ4v) is 7.23.